The van der Waals surface area contributed by atoms with Crippen LogP contribution in [0, 0.1) is 6.92 Å². The molecule has 15 heavy (non-hydrogen) atoms. The Bertz CT molecular complexity index is 340. The molecular formula is C14H20O. The van der Waals surface area contributed by atoms with Crippen LogP contribution in [0.4, 0.5) is 0 Å². The summed E-state index contributed by atoms with van der Waals surface area (Å²) >= 11 is 0. The second kappa shape index (κ2) is 3.70. The SMILES string of the molecule is Cc1c(C2CCCCC2)coc1C1CC1. The van der Waals surface area contributed by atoms with Crippen molar-refractivity contribution >= 4 is 0 Å². The molecule has 0 atom stereocenters. The molecule has 2 aliphatic carbocycles. The molecule has 0 radical (unpaired) electrons. The number of rotatable bonds is 2. The van der Waals surface area contributed by atoms with Crippen LogP contribution in [0.3, 0.4) is 0 Å². The first kappa shape index (κ1) is 9.50. The van der Waals surface area contributed by atoms with Gasteiger partial charge in [-0.25, -0.2) is 0 Å². The van der Waals surface area contributed by atoms with Crippen molar-refractivity contribution in [1.29, 1.82) is 0 Å². The maximum atomic E-state index is 5.77. The molecule has 0 spiro atoms. The lowest BCUT2D eigenvalue weighted by molar-refractivity contribution is 0.437. The molecule has 0 unspecified atom stereocenters. The van der Waals surface area contributed by atoms with Gasteiger partial charge in [0.15, 0.2) is 0 Å². The van der Waals surface area contributed by atoms with Crippen molar-refractivity contribution in [2.75, 3.05) is 0 Å². The first-order valence-corrected chi connectivity index (χ1v) is 6.44. The van der Waals surface area contributed by atoms with Gasteiger partial charge in [-0.15, -0.1) is 0 Å². The van der Waals surface area contributed by atoms with Gasteiger partial charge >= 0.3 is 0 Å². The third kappa shape index (κ3) is 1.73. The van der Waals surface area contributed by atoms with Gasteiger partial charge in [-0.1, -0.05) is 19.3 Å². The molecule has 1 nitrogen and oxygen atoms in total. The first-order valence-electron chi connectivity index (χ1n) is 6.44. The quantitative estimate of drug-likeness (QED) is 0.690. The van der Waals surface area contributed by atoms with E-state index in [-0.39, 0.29) is 0 Å². The Hall–Kier alpha value is -0.720. The molecule has 0 amide bonds. The molecule has 0 aliphatic heterocycles. The predicted molar refractivity (Wildman–Crippen MR) is 61.2 cm³/mol. The molecular weight excluding hydrogens is 184 g/mol. The highest BCUT2D eigenvalue weighted by Crippen LogP contribution is 2.45. The summed E-state index contributed by atoms with van der Waals surface area (Å²) in [6, 6.07) is 0. The fourth-order valence-electron chi connectivity index (χ4n) is 3.01. The van der Waals surface area contributed by atoms with Crippen molar-refractivity contribution in [2.24, 2.45) is 0 Å². The average molecular weight is 204 g/mol. The zero-order valence-electron chi connectivity index (χ0n) is 9.59. The van der Waals surface area contributed by atoms with E-state index < -0.39 is 0 Å². The lowest BCUT2D eigenvalue weighted by Gasteiger charge is -2.21. The minimum Gasteiger partial charge on any atom is -0.468 e. The summed E-state index contributed by atoms with van der Waals surface area (Å²) < 4.78 is 5.77. The van der Waals surface area contributed by atoms with E-state index in [1.54, 1.807) is 0 Å². The van der Waals surface area contributed by atoms with E-state index >= 15 is 0 Å². The zero-order chi connectivity index (χ0) is 10.3. The van der Waals surface area contributed by atoms with Gasteiger partial charge in [0.1, 0.15) is 5.76 Å². The summed E-state index contributed by atoms with van der Waals surface area (Å²) in [6.07, 6.45) is 11.8. The molecule has 2 aliphatic rings. The van der Waals surface area contributed by atoms with E-state index in [1.165, 1.54) is 61.8 Å². The molecule has 3 rings (SSSR count). The van der Waals surface area contributed by atoms with Gasteiger partial charge in [0.2, 0.25) is 0 Å². The Morgan fingerprint density at radius 2 is 1.73 bits per heavy atom. The van der Waals surface area contributed by atoms with Crippen molar-refractivity contribution in [3.63, 3.8) is 0 Å². The van der Waals surface area contributed by atoms with Crippen LogP contribution in [0.1, 0.15) is 73.7 Å². The van der Waals surface area contributed by atoms with Gasteiger partial charge in [-0.2, -0.15) is 0 Å². The minimum atomic E-state index is 0.766. The third-order valence-electron chi connectivity index (χ3n) is 4.11. The van der Waals surface area contributed by atoms with Crippen molar-refractivity contribution in [2.45, 2.75) is 63.7 Å². The third-order valence-corrected chi connectivity index (χ3v) is 4.11. The molecule has 2 fully saturated rings. The Morgan fingerprint density at radius 3 is 2.40 bits per heavy atom. The maximum Gasteiger partial charge on any atom is 0.110 e. The highest BCUT2D eigenvalue weighted by molar-refractivity contribution is 5.33. The van der Waals surface area contributed by atoms with Gasteiger partial charge < -0.3 is 4.42 Å². The summed E-state index contributed by atoms with van der Waals surface area (Å²) in [7, 11) is 0. The van der Waals surface area contributed by atoms with E-state index in [0.29, 0.717) is 0 Å². The summed E-state index contributed by atoms with van der Waals surface area (Å²) in [5, 5.41) is 0. The highest BCUT2D eigenvalue weighted by atomic mass is 16.3. The van der Waals surface area contributed by atoms with Crippen molar-refractivity contribution in [1.82, 2.24) is 0 Å². The summed E-state index contributed by atoms with van der Waals surface area (Å²) in [6.45, 7) is 2.26. The Morgan fingerprint density at radius 1 is 1.00 bits per heavy atom. The molecule has 1 heterocycles. The fraction of sp³-hybridized carbons (Fsp3) is 0.714. The van der Waals surface area contributed by atoms with E-state index in [0.717, 1.165) is 11.8 Å². The highest BCUT2D eigenvalue weighted by Gasteiger charge is 2.31. The zero-order valence-corrected chi connectivity index (χ0v) is 9.59. The fourth-order valence-corrected chi connectivity index (χ4v) is 3.01. The lowest BCUT2D eigenvalue weighted by Crippen LogP contribution is -2.04. The smallest absolute Gasteiger partial charge is 0.110 e. The van der Waals surface area contributed by atoms with E-state index in [4.69, 9.17) is 4.42 Å². The molecule has 0 bridgehead atoms. The van der Waals surface area contributed by atoms with Crippen LogP contribution >= 0.6 is 0 Å². The van der Waals surface area contributed by atoms with Crippen LogP contribution in [0.2, 0.25) is 0 Å². The van der Waals surface area contributed by atoms with Crippen molar-refractivity contribution < 1.29 is 4.42 Å². The maximum absolute atomic E-state index is 5.77. The summed E-state index contributed by atoms with van der Waals surface area (Å²) in [4.78, 5) is 0. The Balaban J connectivity index is 1.83. The van der Waals surface area contributed by atoms with Gasteiger partial charge in [0.25, 0.3) is 0 Å². The molecule has 0 aromatic carbocycles. The Kier molecular flexibility index (Phi) is 2.34. The summed E-state index contributed by atoms with van der Waals surface area (Å²) in [5.74, 6) is 2.87. The number of hydrogen-bond acceptors (Lipinski definition) is 1. The van der Waals surface area contributed by atoms with Crippen LogP contribution in [0.15, 0.2) is 10.7 Å². The molecule has 82 valence electrons. The van der Waals surface area contributed by atoms with Crippen molar-refractivity contribution in [3.8, 4) is 0 Å². The molecule has 0 saturated heterocycles. The van der Waals surface area contributed by atoms with Gasteiger partial charge in [-0.3, -0.25) is 0 Å². The molecule has 2 saturated carbocycles. The van der Waals surface area contributed by atoms with Gasteiger partial charge in [0.05, 0.1) is 6.26 Å². The minimum absolute atomic E-state index is 0.766. The van der Waals surface area contributed by atoms with Crippen LogP contribution < -0.4 is 0 Å². The van der Waals surface area contributed by atoms with Gasteiger partial charge in [-0.05, 0) is 49.7 Å². The van der Waals surface area contributed by atoms with Crippen molar-refractivity contribution in [3.05, 3.63) is 23.2 Å². The van der Waals surface area contributed by atoms with Crippen LogP contribution in [-0.4, -0.2) is 0 Å². The van der Waals surface area contributed by atoms with E-state index in [2.05, 4.69) is 13.2 Å². The normalized spacial score (nSPS) is 23.3. The lowest BCUT2D eigenvalue weighted by atomic mass is 9.83. The average Bonchev–Trinajstić information content (AvgIpc) is 3.04. The van der Waals surface area contributed by atoms with Crippen LogP contribution in [0.5, 0.6) is 0 Å². The molecule has 0 N–H and O–H groups in total. The molecule has 1 aromatic heterocycles. The standard InChI is InChI=1S/C14H20O/c1-10-13(11-5-3-2-4-6-11)9-15-14(10)12-7-8-12/h9,11-12H,2-8H2,1H3. The number of hydrogen-bond donors (Lipinski definition) is 0. The monoisotopic (exact) mass is 204 g/mol. The molecule has 1 aromatic rings. The second-order valence-corrected chi connectivity index (χ2v) is 5.29. The van der Waals surface area contributed by atoms with E-state index in [1.807, 2.05) is 0 Å². The largest absolute Gasteiger partial charge is 0.468 e. The van der Waals surface area contributed by atoms with Crippen LogP contribution in [-0.2, 0) is 0 Å². The Labute approximate surface area is 91.9 Å². The van der Waals surface area contributed by atoms with E-state index in [9.17, 15) is 0 Å². The topological polar surface area (TPSA) is 13.1 Å². The second-order valence-electron chi connectivity index (χ2n) is 5.29. The molecule has 1 heteroatoms. The first-order chi connectivity index (χ1) is 7.36. The predicted octanol–water partition coefficient (Wildman–Crippen LogP) is 4.51. The summed E-state index contributed by atoms with van der Waals surface area (Å²) in [5.41, 5.74) is 3.00. The van der Waals surface area contributed by atoms with Gasteiger partial charge in [0, 0.05) is 5.92 Å². The van der Waals surface area contributed by atoms with Crippen LogP contribution in [0.25, 0.3) is 0 Å². The number of furan rings is 1.